The Labute approximate surface area is 178 Å². The van der Waals surface area contributed by atoms with E-state index in [9.17, 15) is 13.2 Å². The molecule has 0 aliphatic heterocycles. The molecular formula is C24H26N2O3S. The summed E-state index contributed by atoms with van der Waals surface area (Å²) in [5.41, 5.74) is 4.10. The van der Waals surface area contributed by atoms with Gasteiger partial charge in [-0.05, 0) is 62.2 Å². The molecule has 1 atom stereocenters. The molecule has 156 valence electrons. The predicted molar refractivity (Wildman–Crippen MR) is 120 cm³/mol. The maximum absolute atomic E-state index is 13.0. The number of hydrogen-bond donors (Lipinski definition) is 1. The Hall–Kier alpha value is -3.12. The third-order valence-corrected chi connectivity index (χ3v) is 6.90. The van der Waals surface area contributed by atoms with Crippen molar-refractivity contribution >= 4 is 21.6 Å². The quantitative estimate of drug-likeness (QED) is 0.630. The second-order valence-electron chi connectivity index (χ2n) is 7.39. The fourth-order valence-corrected chi connectivity index (χ4v) is 4.56. The van der Waals surface area contributed by atoms with Crippen LogP contribution in [-0.4, -0.2) is 21.4 Å². The van der Waals surface area contributed by atoms with E-state index in [-0.39, 0.29) is 16.8 Å². The first-order valence-electron chi connectivity index (χ1n) is 9.72. The molecule has 30 heavy (non-hydrogen) atoms. The lowest BCUT2D eigenvalue weighted by molar-refractivity contribution is 0.0939. The standard InChI is InChI=1S/C24H26N2O3S/c1-17-13-14-18(2)23(15-17)19(3)25-24(27)20-9-8-12-22(16-20)30(28,29)26(4)21-10-6-5-7-11-21/h5-16,19H,1-4H3,(H,25,27)/t19-/m1/s1. The fourth-order valence-electron chi connectivity index (χ4n) is 3.32. The van der Waals surface area contributed by atoms with Crippen LogP contribution in [0.2, 0.25) is 0 Å². The van der Waals surface area contributed by atoms with Crippen molar-refractivity contribution in [3.63, 3.8) is 0 Å². The Balaban J connectivity index is 1.84. The van der Waals surface area contributed by atoms with E-state index in [0.29, 0.717) is 11.3 Å². The molecule has 3 aromatic rings. The zero-order chi connectivity index (χ0) is 21.9. The number of rotatable bonds is 6. The van der Waals surface area contributed by atoms with Crippen LogP contribution < -0.4 is 9.62 Å². The smallest absolute Gasteiger partial charge is 0.264 e. The van der Waals surface area contributed by atoms with E-state index < -0.39 is 10.0 Å². The average Bonchev–Trinajstić information content (AvgIpc) is 2.75. The number of nitrogens with zero attached hydrogens (tertiary/aromatic N) is 1. The molecule has 0 saturated heterocycles. The minimum Gasteiger partial charge on any atom is -0.346 e. The maximum Gasteiger partial charge on any atom is 0.264 e. The van der Waals surface area contributed by atoms with Crippen molar-refractivity contribution in [3.8, 4) is 0 Å². The van der Waals surface area contributed by atoms with Gasteiger partial charge >= 0.3 is 0 Å². The molecule has 0 unspecified atom stereocenters. The number of aryl methyl sites for hydroxylation is 2. The number of benzene rings is 3. The van der Waals surface area contributed by atoms with Crippen molar-refractivity contribution in [3.05, 3.63) is 95.1 Å². The molecule has 0 saturated carbocycles. The molecule has 0 radical (unpaired) electrons. The molecule has 0 aliphatic carbocycles. The highest BCUT2D eigenvalue weighted by atomic mass is 32.2. The largest absolute Gasteiger partial charge is 0.346 e. The Morgan fingerprint density at radius 1 is 0.933 bits per heavy atom. The van der Waals surface area contributed by atoms with Gasteiger partial charge in [0.1, 0.15) is 0 Å². The van der Waals surface area contributed by atoms with Crippen LogP contribution in [0.25, 0.3) is 0 Å². The highest BCUT2D eigenvalue weighted by Gasteiger charge is 2.23. The van der Waals surface area contributed by atoms with Gasteiger partial charge in [-0.3, -0.25) is 9.10 Å². The minimum absolute atomic E-state index is 0.0703. The molecule has 5 nitrogen and oxygen atoms in total. The van der Waals surface area contributed by atoms with Crippen LogP contribution >= 0.6 is 0 Å². The number of nitrogens with one attached hydrogen (secondary N) is 1. The first kappa shape index (κ1) is 21.6. The number of hydrogen-bond acceptors (Lipinski definition) is 3. The Morgan fingerprint density at radius 2 is 1.63 bits per heavy atom. The number of amides is 1. The van der Waals surface area contributed by atoms with E-state index in [1.165, 1.54) is 23.5 Å². The molecule has 0 aromatic heterocycles. The zero-order valence-electron chi connectivity index (χ0n) is 17.6. The molecule has 0 aliphatic rings. The molecule has 0 fully saturated rings. The monoisotopic (exact) mass is 422 g/mol. The Kier molecular flexibility index (Phi) is 6.27. The van der Waals surface area contributed by atoms with E-state index in [2.05, 4.69) is 11.4 Å². The van der Waals surface area contributed by atoms with Gasteiger partial charge in [0.15, 0.2) is 0 Å². The van der Waals surface area contributed by atoms with Gasteiger partial charge in [0.05, 0.1) is 16.6 Å². The summed E-state index contributed by atoms with van der Waals surface area (Å²) in [4.78, 5) is 12.9. The summed E-state index contributed by atoms with van der Waals surface area (Å²) in [6, 6.07) is 20.9. The zero-order valence-corrected chi connectivity index (χ0v) is 18.4. The van der Waals surface area contributed by atoms with Gasteiger partial charge in [0.2, 0.25) is 0 Å². The summed E-state index contributed by atoms with van der Waals surface area (Å²) in [5, 5.41) is 2.97. The summed E-state index contributed by atoms with van der Waals surface area (Å²) in [6.45, 7) is 5.93. The number of carbonyl (C=O) groups is 1. The minimum atomic E-state index is -3.79. The molecule has 6 heteroatoms. The van der Waals surface area contributed by atoms with Gasteiger partial charge in [-0.25, -0.2) is 8.42 Å². The normalized spacial score (nSPS) is 12.3. The summed E-state index contributed by atoms with van der Waals surface area (Å²) >= 11 is 0. The second-order valence-corrected chi connectivity index (χ2v) is 9.36. The highest BCUT2D eigenvalue weighted by molar-refractivity contribution is 7.92. The molecule has 1 amide bonds. The molecule has 0 heterocycles. The average molecular weight is 423 g/mol. The van der Waals surface area contributed by atoms with Crippen LogP contribution in [0.3, 0.4) is 0 Å². The number of sulfonamides is 1. The van der Waals surface area contributed by atoms with Crippen LogP contribution in [0.15, 0.2) is 77.7 Å². The number of anilines is 1. The van der Waals surface area contributed by atoms with E-state index in [1.807, 2.05) is 39.0 Å². The van der Waals surface area contributed by atoms with Crippen LogP contribution in [0.4, 0.5) is 5.69 Å². The van der Waals surface area contributed by atoms with Gasteiger partial charge in [0, 0.05) is 12.6 Å². The van der Waals surface area contributed by atoms with Crippen molar-refractivity contribution < 1.29 is 13.2 Å². The highest BCUT2D eigenvalue weighted by Crippen LogP contribution is 2.23. The SMILES string of the molecule is Cc1ccc(C)c([C@@H](C)NC(=O)c2cccc(S(=O)(=O)N(C)c3ccccc3)c2)c1. The first-order valence-corrected chi connectivity index (χ1v) is 11.2. The van der Waals surface area contributed by atoms with E-state index in [1.54, 1.807) is 36.4 Å². The lowest BCUT2D eigenvalue weighted by Crippen LogP contribution is -2.29. The maximum atomic E-state index is 13.0. The first-order chi connectivity index (χ1) is 14.2. The van der Waals surface area contributed by atoms with E-state index in [0.717, 1.165) is 16.7 Å². The molecule has 0 bridgehead atoms. The van der Waals surface area contributed by atoms with Gasteiger partial charge in [-0.15, -0.1) is 0 Å². The van der Waals surface area contributed by atoms with Gasteiger partial charge < -0.3 is 5.32 Å². The molecule has 0 spiro atoms. The van der Waals surface area contributed by atoms with Gasteiger partial charge in [0.25, 0.3) is 15.9 Å². The van der Waals surface area contributed by atoms with Crippen molar-refractivity contribution in [2.45, 2.75) is 31.7 Å². The van der Waals surface area contributed by atoms with Crippen molar-refractivity contribution in [2.24, 2.45) is 0 Å². The van der Waals surface area contributed by atoms with Crippen molar-refractivity contribution in [2.75, 3.05) is 11.4 Å². The third kappa shape index (κ3) is 4.54. The Morgan fingerprint density at radius 3 is 2.33 bits per heavy atom. The lowest BCUT2D eigenvalue weighted by atomic mass is 10.00. The molecule has 3 aromatic carbocycles. The van der Waals surface area contributed by atoms with Gasteiger partial charge in [-0.2, -0.15) is 0 Å². The summed E-state index contributed by atoms with van der Waals surface area (Å²) in [7, 11) is -2.29. The van der Waals surface area contributed by atoms with Crippen LogP contribution in [-0.2, 0) is 10.0 Å². The molecule has 3 rings (SSSR count). The van der Waals surface area contributed by atoms with E-state index in [4.69, 9.17) is 0 Å². The summed E-state index contributed by atoms with van der Waals surface area (Å²) < 4.78 is 27.3. The van der Waals surface area contributed by atoms with Crippen LogP contribution in [0.5, 0.6) is 0 Å². The van der Waals surface area contributed by atoms with Gasteiger partial charge in [-0.1, -0.05) is 48.0 Å². The van der Waals surface area contributed by atoms with E-state index >= 15 is 0 Å². The summed E-state index contributed by atoms with van der Waals surface area (Å²) in [5.74, 6) is -0.317. The number of carbonyl (C=O) groups excluding carboxylic acids is 1. The third-order valence-electron chi connectivity index (χ3n) is 5.12. The van der Waals surface area contributed by atoms with Crippen LogP contribution in [0.1, 0.15) is 40.0 Å². The molecular weight excluding hydrogens is 396 g/mol. The topological polar surface area (TPSA) is 66.5 Å². The second kappa shape index (κ2) is 8.71. The van der Waals surface area contributed by atoms with Crippen molar-refractivity contribution in [1.82, 2.24) is 5.32 Å². The predicted octanol–water partition coefficient (Wildman–Crippen LogP) is 4.62. The lowest BCUT2D eigenvalue weighted by Gasteiger charge is -2.20. The van der Waals surface area contributed by atoms with Crippen molar-refractivity contribution in [1.29, 1.82) is 0 Å². The number of para-hydroxylation sites is 1. The molecule has 1 N–H and O–H groups in total. The fraction of sp³-hybridized carbons (Fsp3) is 0.208. The summed E-state index contributed by atoms with van der Waals surface area (Å²) in [6.07, 6.45) is 0. The Bertz CT molecular complexity index is 1160. The van der Waals surface area contributed by atoms with Crippen LogP contribution in [0, 0.1) is 13.8 Å².